The summed E-state index contributed by atoms with van der Waals surface area (Å²) < 4.78 is 15.6. The number of rotatable bonds is 8. The number of ketones is 1. The summed E-state index contributed by atoms with van der Waals surface area (Å²) in [5, 5.41) is 12.3. The highest BCUT2D eigenvalue weighted by molar-refractivity contribution is 5.86. The van der Waals surface area contributed by atoms with Crippen LogP contribution >= 0.6 is 0 Å². The second kappa shape index (κ2) is 11.7. The van der Waals surface area contributed by atoms with Gasteiger partial charge in [-0.2, -0.15) is 0 Å². The van der Waals surface area contributed by atoms with Gasteiger partial charge in [-0.15, -0.1) is 0 Å². The summed E-state index contributed by atoms with van der Waals surface area (Å²) in [6.07, 6.45) is 5.66. The van der Waals surface area contributed by atoms with E-state index in [2.05, 4.69) is 34.6 Å². The first-order chi connectivity index (χ1) is 18.5. The number of carbonyl (C=O) groups excluding carboxylic acids is 3. The van der Waals surface area contributed by atoms with Crippen molar-refractivity contribution in [3.05, 3.63) is 0 Å². The van der Waals surface area contributed by atoms with Crippen molar-refractivity contribution in [3.8, 4) is 0 Å². The summed E-state index contributed by atoms with van der Waals surface area (Å²) in [6.45, 7) is 13.3. The normalized spacial score (nSPS) is 44.0. The average Bonchev–Trinajstić information content (AvgIpc) is 3.25. The third kappa shape index (κ3) is 4.93. The van der Waals surface area contributed by atoms with Gasteiger partial charge in [-0.3, -0.25) is 9.59 Å². The maximum Gasteiger partial charge on any atom is 0.508 e. The first-order valence-corrected chi connectivity index (χ1v) is 15.6. The Hall–Kier alpha value is -1.63. The fraction of sp³-hybridized carbons (Fsp3) is 0.906. The maximum atomic E-state index is 14.5. The minimum atomic E-state index is -0.628. The van der Waals surface area contributed by atoms with Crippen molar-refractivity contribution in [2.24, 2.45) is 58.2 Å². The third-order valence-electron chi connectivity index (χ3n) is 12.2. The molecule has 0 bridgehead atoms. The number of methoxy groups -OCH3 is 1. The lowest BCUT2D eigenvalue weighted by atomic mass is 9.39. The van der Waals surface area contributed by atoms with Crippen molar-refractivity contribution in [1.82, 2.24) is 0 Å². The molecule has 12 atom stereocenters. The molecule has 222 valence electrons. The van der Waals surface area contributed by atoms with Crippen LogP contribution in [0.5, 0.6) is 0 Å². The third-order valence-corrected chi connectivity index (χ3v) is 12.2. The molecule has 3 unspecified atom stereocenters. The zero-order valence-corrected chi connectivity index (χ0v) is 25.2. The Morgan fingerprint density at radius 3 is 2.41 bits per heavy atom. The number of aliphatic hydroxyl groups excluding tert-OH is 1. The molecule has 4 fully saturated rings. The van der Waals surface area contributed by atoms with Crippen molar-refractivity contribution in [1.29, 1.82) is 0 Å². The van der Waals surface area contributed by atoms with Crippen LogP contribution in [-0.4, -0.2) is 48.9 Å². The number of ether oxygens (including phenoxy) is 3. The molecule has 4 aliphatic rings. The largest absolute Gasteiger partial charge is 0.508 e. The van der Waals surface area contributed by atoms with Gasteiger partial charge in [-0.05, 0) is 92.3 Å². The van der Waals surface area contributed by atoms with Gasteiger partial charge in [-0.25, -0.2) is 4.79 Å². The SMILES string of the molecule is CCOC(=O)O[C@@H]1CC[C@]2(C)C3C(C(=O)[C@H](CC)[C@@H]2C1)C1CC[C@H]([C@H](C)CCC(=O)OC)[C@@]1(C)[C@@H](CC)[C@@H]3O. The molecule has 1 N–H and O–H groups in total. The zero-order chi connectivity index (χ0) is 28.7. The molecule has 39 heavy (non-hydrogen) atoms. The van der Waals surface area contributed by atoms with Crippen molar-refractivity contribution < 1.29 is 33.7 Å². The summed E-state index contributed by atoms with van der Waals surface area (Å²) in [6, 6.07) is 0. The Morgan fingerprint density at radius 1 is 1.08 bits per heavy atom. The second-order valence-corrected chi connectivity index (χ2v) is 13.5. The van der Waals surface area contributed by atoms with Crippen LogP contribution in [0.2, 0.25) is 0 Å². The molecule has 0 saturated heterocycles. The number of aliphatic hydroxyl groups is 1. The van der Waals surface area contributed by atoms with Gasteiger partial charge < -0.3 is 19.3 Å². The summed E-state index contributed by atoms with van der Waals surface area (Å²) in [5.41, 5.74) is -0.331. The minimum Gasteiger partial charge on any atom is -0.469 e. The van der Waals surface area contributed by atoms with Crippen molar-refractivity contribution in [2.45, 2.75) is 112 Å². The van der Waals surface area contributed by atoms with E-state index in [1.54, 1.807) is 6.92 Å². The van der Waals surface area contributed by atoms with E-state index in [0.717, 1.165) is 44.9 Å². The van der Waals surface area contributed by atoms with Gasteiger partial charge in [0, 0.05) is 24.2 Å². The van der Waals surface area contributed by atoms with E-state index in [-0.39, 0.29) is 65.0 Å². The monoisotopic (exact) mass is 548 g/mol. The van der Waals surface area contributed by atoms with E-state index < -0.39 is 12.3 Å². The van der Waals surface area contributed by atoms with E-state index in [0.29, 0.717) is 30.5 Å². The summed E-state index contributed by atoms with van der Waals surface area (Å²) >= 11 is 0. The number of hydrogen-bond donors (Lipinski definition) is 1. The van der Waals surface area contributed by atoms with Gasteiger partial charge in [0.15, 0.2) is 0 Å². The van der Waals surface area contributed by atoms with Crippen LogP contribution in [0.15, 0.2) is 0 Å². The minimum absolute atomic E-state index is 0.0755. The lowest BCUT2D eigenvalue weighted by Crippen LogP contribution is -2.67. The Balaban J connectivity index is 1.66. The second-order valence-electron chi connectivity index (χ2n) is 13.5. The molecule has 0 aromatic rings. The molecule has 0 aromatic carbocycles. The fourth-order valence-electron chi connectivity index (χ4n) is 10.5. The van der Waals surface area contributed by atoms with Crippen molar-refractivity contribution >= 4 is 17.9 Å². The molecular formula is C32H52O7. The van der Waals surface area contributed by atoms with E-state index in [1.807, 2.05) is 0 Å². The highest BCUT2D eigenvalue weighted by Crippen LogP contribution is 2.70. The summed E-state index contributed by atoms with van der Waals surface area (Å²) in [5.74, 6) is 0.959. The molecule has 0 radical (unpaired) electrons. The van der Waals surface area contributed by atoms with Crippen LogP contribution in [0.3, 0.4) is 0 Å². The molecule has 4 saturated carbocycles. The van der Waals surface area contributed by atoms with E-state index in [9.17, 15) is 19.5 Å². The number of Topliss-reactive ketones (excluding diaryl/α,β-unsaturated/α-hetero) is 1. The van der Waals surface area contributed by atoms with Gasteiger partial charge in [0.2, 0.25) is 0 Å². The average molecular weight is 549 g/mol. The number of carbonyl (C=O) groups is 3. The van der Waals surface area contributed by atoms with Crippen LogP contribution < -0.4 is 0 Å². The Bertz CT molecular complexity index is 918. The summed E-state index contributed by atoms with van der Waals surface area (Å²) in [7, 11) is 1.44. The van der Waals surface area contributed by atoms with Crippen LogP contribution in [0, 0.1) is 58.2 Å². The lowest BCUT2D eigenvalue weighted by molar-refractivity contribution is -0.218. The van der Waals surface area contributed by atoms with Crippen molar-refractivity contribution in [2.75, 3.05) is 13.7 Å². The molecule has 7 nitrogen and oxygen atoms in total. The molecular weight excluding hydrogens is 496 g/mol. The van der Waals surface area contributed by atoms with Crippen LogP contribution in [0.1, 0.15) is 99.3 Å². The van der Waals surface area contributed by atoms with Gasteiger partial charge in [0.1, 0.15) is 11.9 Å². The van der Waals surface area contributed by atoms with Crippen LogP contribution in [-0.2, 0) is 23.8 Å². The molecule has 0 heterocycles. The molecule has 4 aliphatic carbocycles. The predicted octanol–water partition coefficient (Wildman–Crippen LogP) is 6.20. The Kier molecular flexibility index (Phi) is 9.10. The van der Waals surface area contributed by atoms with Gasteiger partial charge in [-0.1, -0.05) is 41.0 Å². The number of esters is 1. The van der Waals surface area contributed by atoms with E-state index >= 15 is 0 Å². The Morgan fingerprint density at radius 2 is 1.79 bits per heavy atom. The molecule has 0 amide bonds. The molecule has 7 heteroatoms. The highest BCUT2D eigenvalue weighted by atomic mass is 16.7. The van der Waals surface area contributed by atoms with Crippen molar-refractivity contribution in [3.63, 3.8) is 0 Å². The van der Waals surface area contributed by atoms with Crippen LogP contribution in [0.4, 0.5) is 4.79 Å². The van der Waals surface area contributed by atoms with Gasteiger partial charge >= 0.3 is 12.1 Å². The molecule has 0 aliphatic heterocycles. The lowest BCUT2D eigenvalue weighted by Gasteiger charge is -2.65. The van der Waals surface area contributed by atoms with Gasteiger partial charge in [0.05, 0.1) is 19.8 Å². The standard InChI is InChI=1S/C32H52O7/c1-8-20-24-17-19(39-30(36)38-10-3)15-16-31(24,5)27-26(28(20)34)23-13-12-22(18(4)11-14-25(33)37-7)32(23,6)21(9-2)29(27)35/h18-24,26-27,29,35H,8-17H2,1-7H3/t18-,19-,20-,21+,22-,23?,24+,26?,27?,29+,31+,32-/m1/s1. The topological polar surface area (TPSA) is 99.1 Å². The summed E-state index contributed by atoms with van der Waals surface area (Å²) in [4.78, 5) is 38.5. The maximum absolute atomic E-state index is 14.5. The first kappa shape index (κ1) is 30.3. The smallest absolute Gasteiger partial charge is 0.469 e. The number of fused-ring (bicyclic) bond motifs is 5. The zero-order valence-electron chi connectivity index (χ0n) is 25.2. The molecule has 0 spiro atoms. The van der Waals surface area contributed by atoms with Crippen LogP contribution in [0.25, 0.3) is 0 Å². The first-order valence-electron chi connectivity index (χ1n) is 15.6. The van der Waals surface area contributed by atoms with E-state index in [1.165, 1.54) is 7.11 Å². The quantitative estimate of drug-likeness (QED) is 0.361. The van der Waals surface area contributed by atoms with Gasteiger partial charge in [0.25, 0.3) is 0 Å². The number of hydrogen-bond acceptors (Lipinski definition) is 7. The predicted molar refractivity (Wildman–Crippen MR) is 148 cm³/mol. The molecule has 4 rings (SSSR count). The Labute approximate surface area is 235 Å². The van der Waals surface area contributed by atoms with E-state index in [4.69, 9.17) is 14.2 Å². The highest BCUT2D eigenvalue weighted by Gasteiger charge is 2.70. The fourth-order valence-corrected chi connectivity index (χ4v) is 10.5. The molecule has 0 aromatic heterocycles.